The first-order chi connectivity index (χ1) is 6.69. The summed E-state index contributed by atoms with van der Waals surface area (Å²) < 4.78 is 18.0. The third kappa shape index (κ3) is 2.02. The summed E-state index contributed by atoms with van der Waals surface area (Å²) in [6.07, 6.45) is 1.53. The lowest BCUT2D eigenvalue weighted by molar-refractivity contribution is 0.361. The number of hydrogen-bond acceptors (Lipinski definition) is 3. The van der Waals surface area contributed by atoms with E-state index in [1.807, 2.05) is 6.07 Å². The van der Waals surface area contributed by atoms with Gasteiger partial charge in [0, 0.05) is 6.07 Å². The summed E-state index contributed by atoms with van der Waals surface area (Å²) in [7, 11) is 0. The topological polar surface area (TPSA) is 59.0 Å². The van der Waals surface area contributed by atoms with Gasteiger partial charge in [-0.25, -0.2) is 4.39 Å². The van der Waals surface area contributed by atoms with E-state index in [-0.39, 0.29) is 23.6 Å². The van der Waals surface area contributed by atoms with Gasteiger partial charge in [-0.2, -0.15) is 5.26 Å². The maximum atomic E-state index is 12.9. The fraction of sp³-hybridized carbons (Fsp3) is 0.100. The number of nitrogens with zero attached hydrogens (tertiary/aromatic N) is 1. The van der Waals surface area contributed by atoms with Gasteiger partial charge in [0.05, 0.1) is 11.3 Å². The van der Waals surface area contributed by atoms with Crippen LogP contribution in [-0.2, 0) is 0 Å². The molecule has 72 valence electrons. The Kier molecular flexibility index (Phi) is 3.08. The number of nitriles is 1. The Morgan fingerprint density at radius 1 is 1.64 bits per heavy atom. The molecule has 0 atom stereocenters. The summed E-state index contributed by atoms with van der Waals surface area (Å²) in [5.74, 6) is -0.348. The summed E-state index contributed by atoms with van der Waals surface area (Å²) in [6, 6.07) is 4.16. The molecule has 1 aromatic rings. The zero-order chi connectivity index (χ0) is 10.6. The van der Waals surface area contributed by atoms with Crippen molar-refractivity contribution in [3.05, 3.63) is 36.2 Å². The monoisotopic (exact) mass is 192 g/mol. The van der Waals surface area contributed by atoms with Gasteiger partial charge in [-0.3, -0.25) is 0 Å². The van der Waals surface area contributed by atoms with Crippen LogP contribution in [-0.4, -0.2) is 6.61 Å². The quantitative estimate of drug-likeness (QED) is 0.587. The van der Waals surface area contributed by atoms with Gasteiger partial charge in [0.25, 0.3) is 0 Å². The van der Waals surface area contributed by atoms with Crippen LogP contribution in [0.3, 0.4) is 0 Å². The number of anilines is 1. The Labute approximate surface area is 81.2 Å². The number of rotatable bonds is 3. The van der Waals surface area contributed by atoms with Gasteiger partial charge in [-0.1, -0.05) is 12.7 Å². The highest BCUT2D eigenvalue weighted by Gasteiger charge is 2.07. The smallest absolute Gasteiger partial charge is 0.147 e. The van der Waals surface area contributed by atoms with E-state index >= 15 is 0 Å². The zero-order valence-corrected chi connectivity index (χ0v) is 7.46. The van der Waals surface area contributed by atoms with E-state index in [2.05, 4.69) is 6.58 Å². The molecule has 0 aliphatic rings. The largest absolute Gasteiger partial charge is 0.488 e. The number of hydrogen-bond donors (Lipinski definition) is 1. The Bertz CT molecular complexity index is 396. The molecule has 1 aromatic carbocycles. The fourth-order valence-electron chi connectivity index (χ4n) is 0.925. The molecule has 4 heteroatoms. The minimum Gasteiger partial charge on any atom is -0.488 e. The van der Waals surface area contributed by atoms with Gasteiger partial charge >= 0.3 is 0 Å². The minimum absolute atomic E-state index is 0.0388. The van der Waals surface area contributed by atoms with Crippen LogP contribution < -0.4 is 10.5 Å². The maximum Gasteiger partial charge on any atom is 0.147 e. The first-order valence-corrected chi connectivity index (χ1v) is 3.92. The second-order valence-corrected chi connectivity index (χ2v) is 2.58. The van der Waals surface area contributed by atoms with E-state index in [0.717, 1.165) is 6.07 Å². The van der Waals surface area contributed by atoms with Crippen molar-refractivity contribution in [2.45, 2.75) is 0 Å². The van der Waals surface area contributed by atoms with Crippen molar-refractivity contribution in [1.29, 1.82) is 5.26 Å². The molecular formula is C10H9FN2O. The summed E-state index contributed by atoms with van der Waals surface area (Å²) in [5.41, 5.74) is 5.41. The van der Waals surface area contributed by atoms with Crippen molar-refractivity contribution in [3.63, 3.8) is 0 Å². The average Bonchev–Trinajstić information content (AvgIpc) is 2.19. The molecule has 14 heavy (non-hydrogen) atoms. The van der Waals surface area contributed by atoms with Crippen molar-refractivity contribution in [2.24, 2.45) is 0 Å². The minimum atomic E-state index is -0.618. The SMILES string of the molecule is C=CCOc1cc(N)c(F)cc1C#N. The predicted molar refractivity (Wildman–Crippen MR) is 51.2 cm³/mol. The Balaban J connectivity index is 3.08. The summed E-state index contributed by atoms with van der Waals surface area (Å²) in [5, 5.41) is 8.67. The molecule has 0 amide bonds. The van der Waals surface area contributed by atoms with Crippen molar-refractivity contribution < 1.29 is 9.13 Å². The van der Waals surface area contributed by atoms with Crippen LogP contribution in [0.15, 0.2) is 24.8 Å². The number of ether oxygens (including phenoxy) is 1. The summed E-state index contributed by atoms with van der Waals surface area (Å²) in [4.78, 5) is 0. The highest BCUT2D eigenvalue weighted by Crippen LogP contribution is 2.23. The molecule has 0 saturated carbocycles. The van der Waals surface area contributed by atoms with Crippen molar-refractivity contribution in [2.75, 3.05) is 12.3 Å². The molecule has 0 aromatic heterocycles. The molecule has 0 bridgehead atoms. The lowest BCUT2D eigenvalue weighted by Gasteiger charge is -2.06. The number of halogens is 1. The molecule has 0 unspecified atom stereocenters. The zero-order valence-electron chi connectivity index (χ0n) is 7.46. The predicted octanol–water partition coefficient (Wildman–Crippen LogP) is 1.84. The maximum absolute atomic E-state index is 12.9. The summed E-state index contributed by atoms with van der Waals surface area (Å²) in [6.45, 7) is 3.71. The van der Waals surface area contributed by atoms with E-state index in [4.69, 9.17) is 15.7 Å². The fourth-order valence-corrected chi connectivity index (χ4v) is 0.925. The molecule has 2 N–H and O–H groups in total. The highest BCUT2D eigenvalue weighted by molar-refractivity contribution is 5.54. The van der Waals surface area contributed by atoms with Gasteiger partial charge in [0.15, 0.2) is 0 Å². The van der Waals surface area contributed by atoms with Crippen LogP contribution in [0.2, 0.25) is 0 Å². The van der Waals surface area contributed by atoms with E-state index in [1.54, 1.807) is 0 Å². The van der Waals surface area contributed by atoms with E-state index in [9.17, 15) is 4.39 Å². The van der Waals surface area contributed by atoms with Crippen molar-refractivity contribution >= 4 is 5.69 Å². The van der Waals surface area contributed by atoms with Crippen LogP contribution >= 0.6 is 0 Å². The van der Waals surface area contributed by atoms with Crippen LogP contribution in [0.5, 0.6) is 5.75 Å². The third-order valence-corrected chi connectivity index (χ3v) is 1.58. The molecule has 0 aliphatic heterocycles. The number of nitrogens with two attached hydrogens (primary N) is 1. The van der Waals surface area contributed by atoms with Crippen LogP contribution in [0, 0.1) is 17.1 Å². The van der Waals surface area contributed by atoms with Gasteiger partial charge in [-0.05, 0) is 6.07 Å². The van der Waals surface area contributed by atoms with Gasteiger partial charge in [0.1, 0.15) is 24.2 Å². The lowest BCUT2D eigenvalue weighted by atomic mass is 10.2. The van der Waals surface area contributed by atoms with E-state index < -0.39 is 5.82 Å². The molecular weight excluding hydrogens is 183 g/mol. The third-order valence-electron chi connectivity index (χ3n) is 1.58. The average molecular weight is 192 g/mol. The van der Waals surface area contributed by atoms with Crippen LogP contribution in [0.1, 0.15) is 5.56 Å². The normalized spacial score (nSPS) is 9.14. The first kappa shape index (κ1) is 10.1. The molecule has 1 rings (SSSR count). The van der Waals surface area contributed by atoms with Crippen LogP contribution in [0.4, 0.5) is 10.1 Å². The van der Waals surface area contributed by atoms with Crippen molar-refractivity contribution in [1.82, 2.24) is 0 Å². The Morgan fingerprint density at radius 3 is 2.93 bits per heavy atom. The highest BCUT2D eigenvalue weighted by atomic mass is 19.1. The van der Waals surface area contributed by atoms with E-state index in [1.165, 1.54) is 12.1 Å². The van der Waals surface area contributed by atoms with Crippen LogP contribution in [0.25, 0.3) is 0 Å². The molecule has 0 fully saturated rings. The number of benzene rings is 1. The number of nitrogen functional groups attached to an aromatic ring is 1. The molecule has 0 saturated heterocycles. The van der Waals surface area contributed by atoms with Gasteiger partial charge in [-0.15, -0.1) is 0 Å². The second kappa shape index (κ2) is 4.28. The molecule has 3 nitrogen and oxygen atoms in total. The standard InChI is InChI=1S/C10H9FN2O/c1-2-3-14-10-5-9(13)8(11)4-7(10)6-12/h2,4-5H,1,3,13H2. The van der Waals surface area contributed by atoms with Crippen molar-refractivity contribution in [3.8, 4) is 11.8 Å². The molecule has 0 aliphatic carbocycles. The van der Waals surface area contributed by atoms with Gasteiger partial charge < -0.3 is 10.5 Å². The second-order valence-electron chi connectivity index (χ2n) is 2.58. The molecule has 0 spiro atoms. The first-order valence-electron chi connectivity index (χ1n) is 3.92. The molecule has 0 radical (unpaired) electrons. The lowest BCUT2D eigenvalue weighted by Crippen LogP contribution is -1.99. The Morgan fingerprint density at radius 2 is 2.36 bits per heavy atom. The van der Waals surface area contributed by atoms with Gasteiger partial charge in [0.2, 0.25) is 0 Å². The van der Waals surface area contributed by atoms with E-state index in [0.29, 0.717) is 0 Å². The Hall–Kier alpha value is -2.02. The summed E-state index contributed by atoms with van der Waals surface area (Å²) >= 11 is 0. The molecule has 0 heterocycles.